The van der Waals surface area contributed by atoms with Gasteiger partial charge in [0.15, 0.2) is 0 Å². The Hall–Kier alpha value is -1.65. The summed E-state index contributed by atoms with van der Waals surface area (Å²) in [7, 11) is 0. The van der Waals surface area contributed by atoms with E-state index in [4.69, 9.17) is 4.42 Å². The first-order valence-corrected chi connectivity index (χ1v) is 7.48. The monoisotopic (exact) mass is 287 g/mol. The summed E-state index contributed by atoms with van der Waals surface area (Å²) in [6.45, 7) is 6.31. The molecule has 1 fully saturated rings. The minimum absolute atomic E-state index is 0.255. The molecule has 0 saturated carbocycles. The number of β-amino-alcohol motifs (C(OH)–C–C–N with tert-alkyl or cyclic N) is 1. The van der Waals surface area contributed by atoms with Gasteiger partial charge in [-0.1, -0.05) is 12.1 Å². The number of benzene rings is 1. The Morgan fingerprint density at radius 1 is 1.38 bits per heavy atom. The summed E-state index contributed by atoms with van der Waals surface area (Å²) in [5.74, 6) is 0. The summed E-state index contributed by atoms with van der Waals surface area (Å²) in [5.41, 5.74) is 3.51. The van der Waals surface area contributed by atoms with Crippen molar-refractivity contribution in [2.75, 3.05) is 13.1 Å². The zero-order chi connectivity index (χ0) is 15.0. The Labute approximate surface area is 124 Å². The van der Waals surface area contributed by atoms with Crippen LogP contribution in [-0.2, 0) is 6.54 Å². The van der Waals surface area contributed by atoms with Crippen molar-refractivity contribution >= 4 is 11.0 Å². The third-order valence-electron chi connectivity index (χ3n) is 4.39. The van der Waals surface area contributed by atoms with Crippen LogP contribution in [0.25, 0.3) is 11.0 Å². The molecule has 1 unspecified atom stereocenters. The van der Waals surface area contributed by atoms with Gasteiger partial charge in [-0.3, -0.25) is 4.90 Å². The summed E-state index contributed by atoms with van der Waals surface area (Å²) in [4.78, 5) is 14.0. The Kier molecular flexibility index (Phi) is 3.83. The van der Waals surface area contributed by atoms with E-state index in [1.54, 1.807) is 6.07 Å². The van der Waals surface area contributed by atoms with E-state index in [0.29, 0.717) is 18.7 Å². The molecular weight excluding hydrogens is 266 g/mol. The molecule has 3 rings (SSSR count). The van der Waals surface area contributed by atoms with Gasteiger partial charge in [-0.2, -0.15) is 0 Å². The van der Waals surface area contributed by atoms with Crippen molar-refractivity contribution in [3.05, 3.63) is 45.3 Å². The topological polar surface area (TPSA) is 53.7 Å². The average molecular weight is 287 g/mol. The Balaban J connectivity index is 2.02. The normalized spacial score (nSPS) is 20.0. The lowest BCUT2D eigenvalue weighted by Gasteiger charge is -2.30. The molecule has 4 nitrogen and oxygen atoms in total. The van der Waals surface area contributed by atoms with Crippen LogP contribution in [0.2, 0.25) is 0 Å². The highest BCUT2D eigenvalue weighted by molar-refractivity contribution is 5.83. The summed E-state index contributed by atoms with van der Waals surface area (Å²) >= 11 is 0. The number of hydrogen-bond acceptors (Lipinski definition) is 4. The molecule has 21 heavy (non-hydrogen) atoms. The Bertz CT molecular complexity index is 720. The number of rotatable bonds is 2. The summed E-state index contributed by atoms with van der Waals surface area (Å²) < 4.78 is 5.40. The molecule has 1 atom stereocenters. The number of likely N-dealkylation sites (tertiary alicyclic amines) is 1. The molecule has 0 amide bonds. The fourth-order valence-electron chi connectivity index (χ4n) is 3.07. The van der Waals surface area contributed by atoms with Gasteiger partial charge in [0.1, 0.15) is 5.58 Å². The molecular formula is C17H21NO3. The second kappa shape index (κ2) is 5.62. The minimum Gasteiger partial charge on any atom is -0.422 e. The number of hydrogen-bond donors (Lipinski definition) is 1. The van der Waals surface area contributed by atoms with E-state index < -0.39 is 0 Å². The van der Waals surface area contributed by atoms with Gasteiger partial charge in [0.25, 0.3) is 0 Å². The van der Waals surface area contributed by atoms with Crippen LogP contribution in [0, 0.1) is 13.8 Å². The van der Waals surface area contributed by atoms with Gasteiger partial charge >= 0.3 is 5.63 Å². The number of piperidine rings is 1. The van der Waals surface area contributed by atoms with Crippen LogP contribution in [0.4, 0.5) is 0 Å². The van der Waals surface area contributed by atoms with Crippen LogP contribution in [0.15, 0.2) is 27.4 Å². The van der Waals surface area contributed by atoms with E-state index in [1.807, 2.05) is 19.9 Å². The molecule has 2 heterocycles. The second-order valence-electron chi connectivity index (χ2n) is 6.01. The first-order valence-electron chi connectivity index (χ1n) is 7.48. The number of aliphatic hydroxyl groups is 1. The van der Waals surface area contributed by atoms with Crippen molar-refractivity contribution in [1.82, 2.24) is 4.90 Å². The molecule has 0 bridgehead atoms. The molecule has 2 aromatic rings. The van der Waals surface area contributed by atoms with Gasteiger partial charge in [0, 0.05) is 24.5 Å². The van der Waals surface area contributed by atoms with Gasteiger partial charge in [-0.15, -0.1) is 0 Å². The summed E-state index contributed by atoms with van der Waals surface area (Å²) in [6, 6.07) is 5.67. The number of aryl methyl sites for hydroxylation is 2. The van der Waals surface area contributed by atoms with E-state index in [1.165, 1.54) is 0 Å². The third kappa shape index (κ3) is 2.87. The molecule has 1 aromatic heterocycles. The highest BCUT2D eigenvalue weighted by Gasteiger charge is 2.19. The zero-order valence-corrected chi connectivity index (χ0v) is 12.6. The molecule has 1 N–H and O–H groups in total. The Morgan fingerprint density at radius 2 is 2.19 bits per heavy atom. The van der Waals surface area contributed by atoms with E-state index in [9.17, 15) is 9.90 Å². The molecule has 1 aromatic carbocycles. The van der Waals surface area contributed by atoms with Crippen LogP contribution < -0.4 is 5.63 Å². The van der Waals surface area contributed by atoms with Crippen molar-refractivity contribution in [2.45, 2.75) is 39.3 Å². The molecule has 0 radical (unpaired) electrons. The average Bonchev–Trinajstić information content (AvgIpc) is 2.43. The molecule has 0 spiro atoms. The second-order valence-corrected chi connectivity index (χ2v) is 6.01. The molecule has 4 heteroatoms. The number of aliphatic hydroxyl groups excluding tert-OH is 1. The van der Waals surface area contributed by atoms with Crippen LogP contribution in [0.1, 0.15) is 29.5 Å². The fourth-order valence-corrected chi connectivity index (χ4v) is 3.07. The SMILES string of the molecule is Cc1ccc2c(CN3CCCC(O)C3)cc(=O)oc2c1C. The summed E-state index contributed by atoms with van der Waals surface area (Å²) in [6.07, 6.45) is 1.61. The third-order valence-corrected chi connectivity index (χ3v) is 4.39. The maximum atomic E-state index is 11.8. The Morgan fingerprint density at radius 3 is 2.95 bits per heavy atom. The van der Waals surface area contributed by atoms with Crippen LogP contribution >= 0.6 is 0 Å². The predicted molar refractivity (Wildman–Crippen MR) is 82.5 cm³/mol. The van der Waals surface area contributed by atoms with Crippen molar-refractivity contribution in [3.63, 3.8) is 0 Å². The molecule has 112 valence electrons. The van der Waals surface area contributed by atoms with Crippen LogP contribution in [-0.4, -0.2) is 29.2 Å². The molecule has 1 aliphatic rings. The van der Waals surface area contributed by atoms with Gasteiger partial charge in [0.05, 0.1) is 6.10 Å². The van der Waals surface area contributed by atoms with E-state index in [0.717, 1.165) is 41.5 Å². The van der Waals surface area contributed by atoms with E-state index in [-0.39, 0.29) is 11.7 Å². The van der Waals surface area contributed by atoms with Crippen molar-refractivity contribution in [3.8, 4) is 0 Å². The van der Waals surface area contributed by atoms with Crippen LogP contribution in [0.3, 0.4) is 0 Å². The van der Waals surface area contributed by atoms with Crippen molar-refractivity contribution in [2.24, 2.45) is 0 Å². The quantitative estimate of drug-likeness (QED) is 0.862. The highest BCUT2D eigenvalue weighted by Crippen LogP contribution is 2.24. The molecule has 1 aliphatic heterocycles. The van der Waals surface area contributed by atoms with Crippen molar-refractivity contribution in [1.29, 1.82) is 0 Å². The lowest BCUT2D eigenvalue weighted by atomic mass is 10.0. The molecule has 0 aliphatic carbocycles. The lowest BCUT2D eigenvalue weighted by molar-refractivity contribution is 0.0670. The highest BCUT2D eigenvalue weighted by atomic mass is 16.4. The number of nitrogens with zero attached hydrogens (tertiary/aromatic N) is 1. The van der Waals surface area contributed by atoms with Gasteiger partial charge < -0.3 is 9.52 Å². The zero-order valence-electron chi connectivity index (χ0n) is 12.6. The first-order chi connectivity index (χ1) is 10.0. The number of fused-ring (bicyclic) bond motifs is 1. The minimum atomic E-state index is -0.302. The van der Waals surface area contributed by atoms with Gasteiger partial charge in [-0.25, -0.2) is 4.79 Å². The maximum absolute atomic E-state index is 11.8. The van der Waals surface area contributed by atoms with Crippen molar-refractivity contribution < 1.29 is 9.52 Å². The maximum Gasteiger partial charge on any atom is 0.336 e. The largest absolute Gasteiger partial charge is 0.422 e. The first kappa shape index (κ1) is 14.3. The smallest absolute Gasteiger partial charge is 0.336 e. The molecule has 1 saturated heterocycles. The van der Waals surface area contributed by atoms with Gasteiger partial charge in [-0.05, 0) is 49.9 Å². The predicted octanol–water partition coefficient (Wildman–Crippen LogP) is 2.37. The summed E-state index contributed by atoms with van der Waals surface area (Å²) in [5, 5.41) is 10.8. The van der Waals surface area contributed by atoms with Crippen LogP contribution in [0.5, 0.6) is 0 Å². The standard InChI is InChI=1S/C17H21NO3/c1-11-5-6-15-13(8-16(20)21-17(15)12(11)2)9-18-7-3-4-14(19)10-18/h5-6,8,14,19H,3-4,7,9-10H2,1-2H3. The van der Waals surface area contributed by atoms with E-state index >= 15 is 0 Å². The fraction of sp³-hybridized carbons (Fsp3) is 0.471. The van der Waals surface area contributed by atoms with Gasteiger partial charge in [0.2, 0.25) is 0 Å². The van der Waals surface area contributed by atoms with E-state index in [2.05, 4.69) is 11.0 Å². The lowest BCUT2D eigenvalue weighted by Crippen LogP contribution is -2.37.